The van der Waals surface area contributed by atoms with Crippen LogP contribution in [0.4, 0.5) is 0 Å². The fraction of sp³-hybridized carbons (Fsp3) is 0.474. The third-order valence-electron chi connectivity index (χ3n) is 3.37. The highest BCUT2D eigenvalue weighted by atomic mass is 16.7. The maximum absolute atomic E-state index is 9.89. The van der Waals surface area contributed by atoms with E-state index in [4.69, 9.17) is 19.7 Å². The molecule has 0 aromatic carbocycles. The average Bonchev–Trinajstić information content (AvgIpc) is 2.68. The fourth-order valence-electron chi connectivity index (χ4n) is 1.99. The lowest BCUT2D eigenvalue weighted by atomic mass is 9.99. The summed E-state index contributed by atoms with van der Waals surface area (Å²) in [7, 11) is 0. The molecule has 8 nitrogen and oxygen atoms in total. The van der Waals surface area contributed by atoms with Crippen LogP contribution in [0, 0.1) is 35.5 Å². The van der Waals surface area contributed by atoms with Crippen molar-refractivity contribution in [2.24, 2.45) is 0 Å². The first-order valence-corrected chi connectivity index (χ1v) is 8.05. The molecule has 1 aliphatic rings. The Bertz CT molecular complexity index is 680. The lowest BCUT2D eigenvalue weighted by molar-refractivity contribution is -0.309. The van der Waals surface area contributed by atoms with Gasteiger partial charge < -0.3 is 40.1 Å². The Morgan fingerprint density at radius 3 is 2.15 bits per heavy atom. The molecule has 0 radical (unpaired) electrons. The molecule has 6 atom stereocenters. The van der Waals surface area contributed by atoms with Crippen molar-refractivity contribution < 1.29 is 40.1 Å². The van der Waals surface area contributed by atoms with Gasteiger partial charge >= 0.3 is 0 Å². The first-order valence-electron chi connectivity index (χ1n) is 8.05. The van der Waals surface area contributed by atoms with Crippen LogP contribution in [0.15, 0.2) is 24.3 Å². The van der Waals surface area contributed by atoms with Gasteiger partial charge in [0.1, 0.15) is 30.5 Å². The lowest BCUT2D eigenvalue weighted by Crippen LogP contribution is -2.59. The molecule has 0 aromatic rings. The van der Waals surface area contributed by atoms with Gasteiger partial charge in [-0.3, -0.25) is 0 Å². The highest BCUT2D eigenvalue weighted by molar-refractivity contribution is 5.39. The van der Waals surface area contributed by atoms with E-state index in [1.165, 1.54) is 24.3 Å². The molecule has 0 amide bonds. The van der Waals surface area contributed by atoms with Crippen molar-refractivity contribution in [3.8, 4) is 35.5 Å². The summed E-state index contributed by atoms with van der Waals surface area (Å²) in [6.07, 6.45) is -2.26. The summed E-state index contributed by atoms with van der Waals surface area (Å²) in [6, 6.07) is 0. The van der Waals surface area contributed by atoms with Gasteiger partial charge in [-0.1, -0.05) is 17.9 Å². The van der Waals surface area contributed by atoms with E-state index in [0.717, 1.165) is 0 Å². The number of hydrogen-bond acceptors (Lipinski definition) is 8. The first kappa shape index (κ1) is 22.9. The van der Waals surface area contributed by atoms with Gasteiger partial charge in [-0.25, -0.2) is 0 Å². The highest BCUT2D eigenvalue weighted by Crippen LogP contribution is 2.23. The molecule has 0 spiro atoms. The molecule has 0 aliphatic carbocycles. The van der Waals surface area contributed by atoms with E-state index < -0.39 is 50.0 Å². The topological polar surface area (TPSA) is 140 Å². The zero-order chi connectivity index (χ0) is 20.1. The maximum atomic E-state index is 9.89. The molecule has 6 unspecified atom stereocenters. The van der Waals surface area contributed by atoms with Gasteiger partial charge in [0.05, 0.1) is 19.8 Å². The summed E-state index contributed by atoms with van der Waals surface area (Å²) >= 11 is 0. The molecule has 1 fully saturated rings. The average molecular weight is 378 g/mol. The van der Waals surface area contributed by atoms with Crippen LogP contribution in [-0.4, -0.2) is 87.3 Å². The molecule has 0 saturated carbocycles. The Labute approximate surface area is 157 Å². The molecule has 1 rings (SSSR count). The molecule has 1 aliphatic heterocycles. The zero-order valence-electron chi connectivity index (χ0n) is 14.4. The maximum Gasteiger partial charge on any atom is 0.187 e. The molecule has 1 heterocycles. The van der Waals surface area contributed by atoms with E-state index in [0.29, 0.717) is 0 Å². The number of ether oxygens (including phenoxy) is 2. The number of aliphatic hydroxyl groups is 6. The Morgan fingerprint density at radius 2 is 1.56 bits per heavy atom. The smallest absolute Gasteiger partial charge is 0.187 e. The summed E-state index contributed by atoms with van der Waals surface area (Å²) in [6.45, 7) is -1.13. The third kappa shape index (κ3) is 7.94. The van der Waals surface area contributed by atoms with Crippen LogP contribution >= 0.6 is 0 Å². The van der Waals surface area contributed by atoms with Gasteiger partial charge in [0.25, 0.3) is 0 Å². The van der Waals surface area contributed by atoms with Crippen molar-refractivity contribution in [3.63, 3.8) is 0 Å². The van der Waals surface area contributed by atoms with Gasteiger partial charge in [0.2, 0.25) is 0 Å². The number of hydrogen-bond donors (Lipinski definition) is 6. The second kappa shape index (κ2) is 13.1. The quantitative estimate of drug-likeness (QED) is 0.274. The predicted molar refractivity (Wildman–Crippen MR) is 94.4 cm³/mol. The second-order valence-corrected chi connectivity index (χ2v) is 5.29. The van der Waals surface area contributed by atoms with Crippen LogP contribution in [0.5, 0.6) is 0 Å². The van der Waals surface area contributed by atoms with Gasteiger partial charge in [-0.05, 0) is 41.9 Å². The minimum Gasteiger partial charge on any atom is -0.394 e. The van der Waals surface area contributed by atoms with E-state index in [9.17, 15) is 20.4 Å². The van der Waals surface area contributed by atoms with Gasteiger partial charge in [0, 0.05) is 0 Å². The summed E-state index contributed by atoms with van der Waals surface area (Å²) in [5.74, 6) is 15.1. The molecule has 0 bridgehead atoms. The molecular weight excluding hydrogens is 356 g/mol. The SMILES string of the molecule is OCC=CC#CC#CC#CC=CC(CO)OC1OC(CO)C(O)C(O)C1O. The van der Waals surface area contributed by atoms with Crippen LogP contribution in [0.1, 0.15) is 0 Å². The molecule has 146 valence electrons. The van der Waals surface area contributed by atoms with Crippen molar-refractivity contribution in [2.45, 2.75) is 36.8 Å². The number of aliphatic hydroxyl groups excluding tert-OH is 6. The lowest BCUT2D eigenvalue weighted by Gasteiger charge is -2.40. The van der Waals surface area contributed by atoms with Crippen molar-refractivity contribution >= 4 is 0 Å². The van der Waals surface area contributed by atoms with Crippen LogP contribution in [0.3, 0.4) is 0 Å². The Hall–Kier alpha value is -2.16. The van der Waals surface area contributed by atoms with Gasteiger partial charge in [-0.15, -0.1) is 0 Å². The van der Waals surface area contributed by atoms with Crippen molar-refractivity contribution in [3.05, 3.63) is 24.3 Å². The van der Waals surface area contributed by atoms with Gasteiger partial charge in [-0.2, -0.15) is 0 Å². The van der Waals surface area contributed by atoms with E-state index in [1.807, 2.05) is 0 Å². The summed E-state index contributed by atoms with van der Waals surface area (Å²) in [5, 5.41) is 56.2. The monoisotopic (exact) mass is 378 g/mol. The number of allylic oxidation sites excluding steroid dienone is 2. The minimum atomic E-state index is -1.56. The highest BCUT2D eigenvalue weighted by Gasteiger charge is 2.44. The minimum absolute atomic E-state index is 0.0933. The molecule has 27 heavy (non-hydrogen) atoms. The van der Waals surface area contributed by atoms with Crippen LogP contribution in [0.2, 0.25) is 0 Å². The molecule has 0 aromatic heterocycles. The summed E-state index contributed by atoms with van der Waals surface area (Å²) < 4.78 is 10.5. The third-order valence-corrected chi connectivity index (χ3v) is 3.37. The Morgan fingerprint density at radius 1 is 0.889 bits per heavy atom. The molecular formula is C19H22O8. The van der Waals surface area contributed by atoms with Crippen molar-refractivity contribution in [2.75, 3.05) is 19.8 Å². The van der Waals surface area contributed by atoms with E-state index >= 15 is 0 Å². The summed E-state index contributed by atoms with van der Waals surface area (Å²) in [5.41, 5.74) is 0. The Balaban J connectivity index is 2.60. The van der Waals surface area contributed by atoms with E-state index in [2.05, 4.69) is 35.5 Å². The summed E-state index contributed by atoms with van der Waals surface area (Å²) in [4.78, 5) is 0. The van der Waals surface area contributed by atoms with E-state index in [-0.39, 0.29) is 6.61 Å². The van der Waals surface area contributed by atoms with Crippen molar-refractivity contribution in [1.82, 2.24) is 0 Å². The Kier molecular flexibility index (Phi) is 11.1. The largest absolute Gasteiger partial charge is 0.394 e. The van der Waals surface area contributed by atoms with Crippen LogP contribution in [0.25, 0.3) is 0 Å². The molecule has 1 saturated heterocycles. The first-order chi connectivity index (χ1) is 13.0. The second-order valence-electron chi connectivity index (χ2n) is 5.29. The standard InChI is InChI=1S/C19H22O8/c20-11-9-7-5-3-1-2-4-6-8-10-14(12-21)26-19-18(25)17(24)16(23)15(13-22)27-19/h7-10,14-25H,11-13H2. The zero-order valence-corrected chi connectivity index (χ0v) is 14.4. The van der Waals surface area contributed by atoms with E-state index in [1.54, 1.807) is 0 Å². The predicted octanol–water partition coefficient (Wildman–Crippen LogP) is -2.72. The van der Waals surface area contributed by atoms with Crippen LogP contribution in [-0.2, 0) is 9.47 Å². The number of rotatable bonds is 6. The van der Waals surface area contributed by atoms with Crippen molar-refractivity contribution in [1.29, 1.82) is 0 Å². The molecule has 8 heteroatoms. The molecule has 6 N–H and O–H groups in total. The van der Waals surface area contributed by atoms with Crippen LogP contribution < -0.4 is 0 Å². The fourth-order valence-corrected chi connectivity index (χ4v) is 1.99. The normalized spacial score (nSPS) is 28.6. The van der Waals surface area contributed by atoms with Gasteiger partial charge in [0.15, 0.2) is 6.29 Å².